The molecule has 0 saturated carbocycles. The maximum Gasteiger partial charge on any atom is 0.330 e. The van der Waals surface area contributed by atoms with Crippen molar-refractivity contribution in [2.45, 2.75) is 19.5 Å². The molecule has 0 fully saturated rings. The molecular weight excluding hydrogens is 444 g/mol. The molecule has 1 unspecified atom stereocenters. The molecule has 0 amide bonds. The molecular formula is C21H21F2N3O5S. The van der Waals surface area contributed by atoms with Crippen LogP contribution in [0.5, 0.6) is 11.5 Å². The molecule has 0 spiro atoms. The molecule has 0 aliphatic heterocycles. The van der Waals surface area contributed by atoms with E-state index in [1.165, 1.54) is 13.2 Å². The molecule has 0 aliphatic rings. The van der Waals surface area contributed by atoms with Gasteiger partial charge in [-0.05, 0) is 24.6 Å². The zero-order chi connectivity index (χ0) is 23.6. The van der Waals surface area contributed by atoms with Crippen LogP contribution in [0.25, 0.3) is 11.0 Å². The first-order valence-electron chi connectivity index (χ1n) is 9.56. The Morgan fingerprint density at radius 3 is 2.50 bits per heavy atom. The van der Waals surface area contributed by atoms with Gasteiger partial charge in [0.05, 0.1) is 37.1 Å². The number of nitriles is 1. The topological polar surface area (TPSA) is 103 Å². The number of imidazole rings is 1. The normalized spacial score (nSPS) is 12.5. The lowest BCUT2D eigenvalue weighted by atomic mass is 10.1. The van der Waals surface area contributed by atoms with Crippen molar-refractivity contribution < 1.29 is 26.7 Å². The van der Waals surface area contributed by atoms with Gasteiger partial charge in [-0.15, -0.1) is 0 Å². The number of hydrogen-bond acceptors (Lipinski definition) is 6. The number of sulfone groups is 1. The lowest BCUT2D eigenvalue weighted by Gasteiger charge is -2.20. The number of rotatable bonds is 8. The van der Waals surface area contributed by atoms with Crippen LogP contribution in [0.3, 0.4) is 0 Å². The Hall–Kier alpha value is -3.39. The molecule has 0 N–H and O–H groups in total. The second kappa shape index (κ2) is 9.00. The Bertz CT molecular complexity index is 1370. The minimum atomic E-state index is -3.67. The van der Waals surface area contributed by atoms with Crippen LogP contribution >= 0.6 is 0 Å². The first-order chi connectivity index (χ1) is 15.1. The molecule has 0 aliphatic carbocycles. The molecule has 2 aromatic carbocycles. The third kappa shape index (κ3) is 4.45. The van der Waals surface area contributed by atoms with Crippen LogP contribution in [0.4, 0.5) is 8.78 Å². The molecule has 1 aromatic heterocycles. The number of methoxy groups -OCH3 is 1. The van der Waals surface area contributed by atoms with Gasteiger partial charge in [0.25, 0.3) is 0 Å². The number of halogens is 2. The van der Waals surface area contributed by atoms with Gasteiger partial charge in [0.15, 0.2) is 17.3 Å². The average Bonchev–Trinajstić information content (AvgIpc) is 2.98. The number of hydrogen-bond donors (Lipinski definition) is 0. The highest BCUT2D eigenvalue weighted by molar-refractivity contribution is 7.90. The van der Waals surface area contributed by atoms with Crippen LogP contribution in [-0.4, -0.2) is 43.3 Å². The van der Waals surface area contributed by atoms with Crippen LogP contribution in [0.15, 0.2) is 35.1 Å². The van der Waals surface area contributed by atoms with Crippen LogP contribution in [-0.2, 0) is 16.4 Å². The van der Waals surface area contributed by atoms with Gasteiger partial charge in [0.2, 0.25) is 0 Å². The zero-order valence-electron chi connectivity index (χ0n) is 17.6. The second-order valence-electron chi connectivity index (χ2n) is 7.10. The number of fused-ring (bicyclic) bond motifs is 1. The van der Waals surface area contributed by atoms with E-state index in [-0.39, 0.29) is 11.0 Å². The molecule has 3 rings (SSSR count). The van der Waals surface area contributed by atoms with Gasteiger partial charge >= 0.3 is 5.69 Å². The predicted octanol–water partition coefficient (Wildman–Crippen LogP) is 2.65. The van der Waals surface area contributed by atoms with Crippen molar-refractivity contribution >= 4 is 20.9 Å². The molecule has 0 radical (unpaired) electrons. The molecule has 0 saturated heterocycles. The van der Waals surface area contributed by atoms with E-state index in [0.717, 1.165) is 21.5 Å². The van der Waals surface area contributed by atoms with Gasteiger partial charge in [-0.25, -0.2) is 22.0 Å². The van der Waals surface area contributed by atoms with Crippen molar-refractivity contribution in [2.24, 2.45) is 0 Å². The molecule has 3 aromatic rings. The number of ether oxygens (including phenoxy) is 2. The molecule has 32 heavy (non-hydrogen) atoms. The van der Waals surface area contributed by atoms with E-state index in [9.17, 15) is 22.0 Å². The van der Waals surface area contributed by atoms with Crippen LogP contribution < -0.4 is 15.2 Å². The lowest BCUT2D eigenvalue weighted by molar-refractivity contribution is 0.310. The summed E-state index contributed by atoms with van der Waals surface area (Å²) >= 11 is 0. The highest BCUT2D eigenvalue weighted by atomic mass is 32.2. The summed E-state index contributed by atoms with van der Waals surface area (Å²) in [6, 6.07) is 6.75. The second-order valence-corrected chi connectivity index (χ2v) is 9.29. The summed E-state index contributed by atoms with van der Waals surface area (Å²) in [6.45, 7) is 1.58. The summed E-state index contributed by atoms with van der Waals surface area (Å²) in [4.78, 5) is 13.2. The van der Waals surface area contributed by atoms with E-state index in [4.69, 9.17) is 14.7 Å². The van der Waals surface area contributed by atoms with E-state index in [2.05, 4.69) is 0 Å². The molecule has 11 heteroatoms. The minimum Gasteiger partial charge on any atom is -0.493 e. The quantitative estimate of drug-likeness (QED) is 0.507. The summed E-state index contributed by atoms with van der Waals surface area (Å²) in [6.07, 6.45) is 0.989. The number of benzene rings is 2. The molecule has 8 nitrogen and oxygen atoms in total. The maximum atomic E-state index is 14.9. The van der Waals surface area contributed by atoms with Gasteiger partial charge in [-0.3, -0.25) is 9.13 Å². The first-order valence-corrected chi connectivity index (χ1v) is 11.6. The Morgan fingerprint density at radius 1 is 1.19 bits per heavy atom. The predicted molar refractivity (Wildman–Crippen MR) is 114 cm³/mol. The van der Waals surface area contributed by atoms with E-state index in [0.29, 0.717) is 29.7 Å². The van der Waals surface area contributed by atoms with E-state index < -0.39 is 45.5 Å². The molecule has 0 bridgehead atoms. The SMILES string of the molecule is CCOc1cc(C(CS(C)(=O)=O)n2c(=O)n(CC#N)c3cc(F)cc(F)c32)ccc1OC. The molecule has 170 valence electrons. The standard InChI is InChI=1S/C21H21F2N3O5S/c1-4-31-19-9-13(5-6-18(19)30-2)17(12-32(3,28)29)26-20-15(23)10-14(22)11-16(20)25(8-7-24)21(26)27/h5-6,9-11,17H,4,8,12H2,1-3H3. The summed E-state index contributed by atoms with van der Waals surface area (Å²) in [7, 11) is -2.23. The Morgan fingerprint density at radius 2 is 1.91 bits per heavy atom. The van der Waals surface area contributed by atoms with Crippen molar-refractivity contribution in [3.63, 3.8) is 0 Å². The fourth-order valence-electron chi connectivity index (χ4n) is 3.61. The largest absolute Gasteiger partial charge is 0.493 e. The van der Waals surface area contributed by atoms with Crippen molar-refractivity contribution in [1.29, 1.82) is 5.26 Å². The Balaban J connectivity index is 2.38. The highest BCUT2D eigenvalue weighted by Crippen LogP contribution is 2.33. The maximum absolute atomic E-state index is 14.9. The summed E-state index contributed by atoms with van der Waals surface area (Å²) in [5.41, 5.74) is -0.949. The van der Waals surface area contributed by atoms with Crippen molar-refractivity contribution in [3.05, 3.63) is 58.0 Å². The van der Waals surface area contributed by atoms with Gasteiger partial charge in [0.1, 0.15) is 27.7 Å². The minimum absolute atomic E-state index is 0.147. The Labute approximate surface area is 183 Å². The van der Waals surface area contributed by atoms with Crippen molar-refractivity contribution in [3.8, 4) is 17.6 Å². The zero-order valence-corrected chi connectivity index (χ0v) is 18.4. The summed E-state index contributed by atoms with van der Waals surface area (Å²) in [5, 5.41) is 9.11. The van der Waals surface area contributed by atoms with Crippen LogP contribution in [0, 0.1) is 23.0 Å². The third-order valence-electron chi connectivity index (χ3n) is 4.85. The van der Waals surface area contributed by atoms with Crippen LogP contribution in [0.1, 0.15) is 18.5 Å². The number of aromatic nitrogens is 2. The first kappa shape index (κ1) is 23.3. The van der Waals surface area contributed by atoms with E-state index in [1.54, 1.807) is 25.1 Å². The van der Waals surface area contributed by atoms with Crippen LogP contribution in [0.2, 0.25) is 0 Å². The van der Waals surface area contributed by atoms with Crippen molar-refractivity contribution in [1.82, 2.24) is 9.13 Å². The molecule has 1 heterocycles. The van der Waals surface area contributed by atoms with Gasteiger partial charge < -0.3 is 9.47 Å². The van der Waals surface area contributed by atoms with Gasteiger partial charge in [-0.2, -0.15) is 5.26 Å². The Kier molecular flexibility index (Phi) is 6.55. The average molecular weight is 465 g/mol. The van der Waals surface area contributed by atoms with E-state index in [1.807, 2.05) is 0 Å². The monoisotopic (exact) mass is 465 g/mol. The summed E-state index contributed by atoms with van der Waals surface area (Å²) < 4.78 is 65.9. The molecule has 1 atom stereocenters. The fourth-order valence-corrected chi connectivity index (χ4v) is 4.53. The van der Waals surface area contributed by atoms with Gasteiger partial charge in [0, 0.05) is 18.4 Å². The van der Waals surface area contributed by atoms with Gasteiger partial charge in [-0.1, -0.05) is 6.07 Å². The lowest BCUT2D eigenvalue weighted by Crippen LogP contribution is -2.31. The van der Waals surface area contributed by atoms with Crippen molar-refractivity contribution in [2.75, 3.05) is 25.7 Å². The number of nitrogens with zero attached hydrogens (tertiary/aromatic N) is 3. The fraction of sp³-hybridized carbons (Fsp3) is 0.333. The smallest absolute Gasteiger partial charge is 0.330 e. The third-order valence-corrected chi connectivity index (χ3v) is 5.77. The summed E-state index contributed by atoms with van der Waals surface area (Å²) in [5.74, 6) is -1.83. The highest BCUT2D eigenvalue weighted by Gasteiger charge is 2.28. The van der Waals surface area contributed by atoms with E-state index >= 15 is 0 Å².